The maximum absolute atomic E-state index is 11.5. The van der Waals surface area contributed by atoms with Crippen LogP contribution in [0.4, 0.5) is 0 Å². The Labute approximate surface area is 140 Å². The SMILES string of the molecule is CCCNC(=O)C(=O)N/N=C\c1cc(Cl)c(OC)c(OCC)c1. The van der Waals surface area contributed by atoms with Crippen molar-refractivity contribution in [3.8, 4) is 11.5 Å². The number of benzene rings is 1. The summed E-state index contributed by atoms with van der Waals surface area (Å²) in [5.74, 6) is -0.671. The van der Waals surface area contributed by atoms with Crippen molar-refractivity contribution in [2.75, 3.05) is 20.3 Å². The summed E-state index contributed by atoms with van der Waals surface area (Å²) in [6.45, 7) is 4.60. The lowest BCUT2D eigenvalue weighted by molar-refractivity contribution is -0.139. The monoisotopic (exact) mass is 341 g/mol. The first-order valence-electron chi connectivity index (χ1n) is 7.15. The lowest BCUT2D eigenvalue weighted by atomic mass is 10.2. The van der Waals surface area contributed by atoms with Crippen LogP contribution in [-0.2, 0) is 9.59 Å². The van der Waals surface area contributed by atoms with E-state index in [0.717, 1.165) is 6.42 Å². The number of hydrogen-bond donors (Lipinski definition) is 2. The summed E-state index contributed by atoms with van der Waals surface area (Å²) in [6.07, 6.45) is 2.10. The Hall–Kier alpha value is -2.28. The van der Waals surface area contributed by atoms with Gasteiger partial charge < -0.3 is 14.8 Å². The van der Waals surface area contributed by atoms with Crippen LogP contribution >= 0.6 is 11.6 Å². The van der Waals surface area contributed by atoms with Gasteiger partial charge >= 0.3 is 11.8 Å². The van der Waals surface area contributed by atoms with E-state index in [2.05, 4.69) is 15.8 Å². The molecule has 7 nitrogen and oxygen atoms in total. The number of nitrogens with zero attached hydrogens (tertiary/aromatic N) is 1. The van der Waals surface area contributed by atoms with Crippen molar-refractivity contribution >= 4 is 29.6 Å². The Morgan fingerprint density at radius 2 is 2.04 bits per heavy atom. The molecule has 0 saturated carbocycles. The van der Waals surface area contributed by atoms with E-state index >= 15 is 0 Å². The van der Waals surface area contributed by atoms with Crippen molar-refractivity contribution in [1.82, 2.24) is 10.7 Å². The van der Waals surface area contributed by atoms with Crippen molar-refractivity contribution in [2.45, 2.75) is 20.3 Å². The summed E-state index contributed by atoms with van der Waals surface area (Å²) in [6, 6.07) is 3.27. The Kier molecular flexibility index (Phi) is 7.90. The van der Waals surface area contributed by atoms with Gasteiger partial charge in [-0.2, -0.15) is 5.10 Å². The minimum Gasteiger partial charge on any atom is -0.491 e. The number of ether oxygens (including phenoxy) is 2. The molecule has 0 radical (unpaired) electrons. The third-order valence-electron chi connectivity index (χ3n) is 2.66. The van der Waals surface area contributed by atoms with E-state index in [1.165, 1.54) is 13.3 Å². The molecule has 0 bridgehead atoms. The van der Waals surface area contributed by atoms with Gasteiger partial charge in [-0.15, -0.1) is 0 Å². The summed E-state index contributed by atoms with van der Waals surface area (Å²) >= 11 is 6.10. The van der Waals surface area contributed by atoms with Gasteiger partial charge in [0.25, 0.3) is 0 Å². The fourth-order valence-corrected chi connectivity index (χ4v) is 1.95. The molecule has 1 aromatic rings. The van der Waals surface area contributed by atoms with Gasteiger partial charge in [0.2, 0.25) is 0 Å². The van der Waals surface area contributed by atoms with Crippen LogP contribution in [0.3, 0.4) is 0 Å². The summed E-state index contributed by atoms with van der Waals surface area (Å²) in [5.41, 5.74) is 2.73. The molecule has 0 saturated heterocycles. The van der Waals surface area contributed by atoms with Gasteiger partial charge in [-0.25, -0.2) is 5.43 Å². The van der Waals surface area contributed by atoms with E-state index in [-0.39, 0.29) is 0 Å². The molecule has 0 heterocycles. The number of amides is 2. The van der Waals surface area contributed by atoms with Gasteiger partial charge in [0.15, 0.2) is 11.5 Å². The van der Waals surface area contributed by atoms with E-state index in [0.29, 0.717) is 35.2 Å². The van der Waals surface area contributed by atoms with Gasteiger partial charge in [0.05, 0.1) is 25.0 Å². The first-order valence-corrected chi connectivity index (χ1v) is 7.52. The summed E-state index contributed by atoms with van der Waals surface area (Å²) in [5, 5.41) is 6.53. The average molecular weight is 342 g/mol. The number of rotatable bonds is 7. The Balaban J connectivity index is 2.76. The molecule has 126 valence electrons. The quantitative estimate of drug-likeness (QED) is 0.449. The van der Waals surface area contributed by atoms with Crippen molar-refractivity contribution < 1.29 is 19.1 Å². The fourth-order valence-electron chi connectivity index (χ4n) is 1.66. The van der Waals surface area contributed by atoms with Crippen molar-refractivity contribution in [3.05, 3.63) is 22.7 Å². The standard InChI is InChI=1S/C15H20ClN3O4/c1-4-6-17-14(20)15(21)19-18-9-10-7-11(16)13(22-3)12(8-10)23-5-2/h7-9H,4-6H2,1-3H3,(H,17,20)(H,19,21)/b18-9-. The fraction of sp³-hybridized carbons (Fsp3) is 0.400. The van der Waals surface area contributed by atoms with E-state index in [1.54, 1.807) is 12.1 Å². The van der Waals surface area contributed by atoms with E-state index in [4.69, 9.17) is 21.1 Å². The minimum absolute atomic E-state index is 0.354. The molecule has 0 aliphatic heterocycles. The third kappa shape index (κ3) is 5.78. The molecule has 0 atom stereocenters. The second kappa shape index (κ2) is 9.68. The predicted molar refractivity (Wildman–Crippen MR) is 88.2 cm³/mol. The maximum Gasteiger partial charge on any atom is 0.329 e. The van der Waals surface area contributed by atoms with Crippen LogP contribution in [0.1, 0.15) is 25.8 Å². The first kappa shape index (κ1) is 18.8. The van der Waals surface area contributed by atoms with Gasteiger partial charge in [-0.05, 0) is 31.0 Å². The number of methoxy groups -OCH3 is 1. The molecule has 2 amide bonds. The Bertz CT molecular complexity index is 590. The number of halogens is 1. The second-order valence-corrected chi connectivity index (χ2v) is 4.83. The van der Waals surface area contributed by atoms with Crippen LogP contribution in [0, 0.1) is 0 Å². The molecule has 2 N–H and O–H groups in total. The summed E-state index contributed by atoms with van der Waals surface area (Å²) in [7, 11) is 1.49. The highest BCUT2D eigenvalue weighted by Crippen LogP contribution is 2.35. The molecule has 8 heteroatoms. The highest BCUT2D eigenvalue weighted by molar-refractivity contribution is 6.35. The normalized spacial score (nSPS) is 10.4. The van der Waals surface area contributed by atoms with Gasteiger partial charge in [-0.3, -0.25) is 9.59 Å². The van der Waals surface area contributed by atoms with Crippen LogP contribution in [-0.4, -0.2) is 38.3 Å². The molecular formula is C15H20ClN3O4. The van der Waals surface area contributed by atoms with Gasteiger partial charge in [-0.1, -0.05) is 18.5 Å². The van der Waals surface area contributed by atoms with Crippen LogP contribution in [0.25, 0.3) is 0 Å². The van der Waals surface area contributed by atoms with E-state index in [1.807, 2.05) is 13.8 Å². The molecule has 1 rings (SSSR count). The van der Waals surface area contributed by atoms with Crippen LogP contribution < -0.4 is 20.2 Å². The van der Waals surface area contributed by atoms with Crippen LogP contribution in [0.15, 0.2) is 17.2 Å². The largest absolute Gasteiger partial charge is 0.491 e. The highest BCUT2D eigenvalue weighted by atomic mass is 35.5. The third-order valence-corrected chi connectivity index (χ3v) is 2.94. The van der Waals surface area contributed by atoms with Gasteiger partial charge in [0, 0.05) is 6.54 Å². The Morgan fingerprint density at radius 1 is 1.30 bits per heavy atom. The molecule has 1 aromatic carbocycles. The molecule has 0 spiro atoms. The van der Waals surface area contributed by atoms with Crippen molar-refractivity contribution in [3.63, 3.8) is 0 Å². The van der Waals surface area contributed by atoms with Crippen molar-refractivity contribution in [2.24, 2.45) is 5.10 Å². The average Bonchev–Trinajstić information content (AvgIpc) is 2.52. The first-order chi connectivity index (χ1) is 11.0. The topological polar surface area (TPSA) is 89.0 Å². The van der Waals surface area contributed by atoms with E-state index < -0.39 is 11.8 Å². The maximum atomic E-state index is 11.5. The molecule has 0 aliphatic carbocycles. The number of hydrogen-bond acceptors (Lipinski definition) is 5. The molecule has 0 aromatic heterocycles. The molecule has 23 heavy (non-hydrogen) atoms. The molecular weight excluding hydrogens is 322 g/mol. The second-order valence-electron chi connectivity index (χ2n) is 4.42. The molecule has 0 fully saturated rings. The van der Waals surface area contributed by atoms with Crippen LogP contribution in [0.5, 0.6) is 11.5 Å². The summed E-state index contributed by atoms with van der Waals surface area (Å²) in [4.78, 5) is 22.8. The minimum atomic E-state index is -0.834. The predicted octanol–water partition coefficient (Wildman–Crippen LogP) is 1.72. The summed E-state index contributed by atoms with van der Waals surface area (Å²) < 4.78 is 10.6. The zero-order chi connectivity index (χ0) is 17.2. The zero-order valence-corrected chi connectivity index (χ0v) is 14.1. The molecule has 0 aliphatic rings. The molecule has 0 unspecified atom stereocenters. The smallest absolute Gasteiger partial charge is 0.329 e. The number of carbonyl (C=O) groups excluding carboxylic acids is 2. The Morgan fingerprint density at radius 3 is 2.65 bits per heavy atom. The lowest BCUT2D eigenvalue weighted by Gasteiger charge is -2.11. The van der Waals surface area contributed by atoms with Crippen LogP contribution in [0.2, 0.25) is 5.02 Å². The zero-order valence-electron chi connectivity index (χ0n) is 13.3. The number of carbonyl (C=O) groups is 2. The number of nitrogens with one attached hydrogen (secondary N) is 2. The van der Waals surface area contributed by atoms with Gasteiger partial charge in [0.1, 0.15) is 0 Å². The lowest BCUT2D eigenvalue weighted by Crippen LogP contribution is -2.38. The van der Waals surface area contributed by atoms with Crippen molar-refractivity contribution in [1.29, 1.82) is 0 Å². The number of hydrazone groups is 1. The highest BCUT2D eigenvalue weighted by Gasteiger charge is 2.12. The van der Waals surface area contributed by atoms with E-state index in [9.17, 15) is 9.59 Å².